The van der Waals surface area contributed by atoms with Gasteiger partial charge in [0.1, 0.15) is 11.2 Å². The van der Waals surface area contributed by atoms with Crippen LogP contribution in [0.5, 0.6) is 0 Å². The number of carboxylic acid groups (broad SMARTS) is 1. The highest BCUT2D eigenvalue weighted by atomic mass is 79.9. The van der Waals surface area contributed by atoms with Crippen LogP contribution in [0.3, 0.4) is 0 Å². The minimum atomic E-state index is -2.65. The van der Waals surface area contributed by atoms with Gasteiger partial charge in [0, 0.05) is 88.9 Å². The Labute approximate surface area is 450 Å². The third-order valence-electron chi connectivity index (χ3n) is 18.8. The Bertz CT molecular complexity index is 2120. The number of ether oxygens (including phenoxy) is 14. The molecule has 7 heterocycles. The summed E-state index contributed by atoms with van der Waals surface area (Å²) in [4.78, 5) is 26.3. The van der Waals surface area contributed by atoms with Gasteiger partial charge in [-0.05, 0) is 84.1 Å². The van der Waals surface area contributed by atoms with Crippen molar-refractivity contribution < 1.29 is 91.2 Å². The SMILES string of the molecule is COC1CCC(OC2C(C)C(C3CCC(C4CCC(C5(C)OC6(OC(CC7OC(O)(C(OC(=O)c8ccc(Br)cc8)C(=O)[O-])C(C)C(OC)C7(C)OC)CC(OC)C6C)C(C)C5OC)O4)O3)OC(C)(O)C2C)OC1C. The van der Waals surface area contributed by atoms with E-state index in [2.05, 4.69) is 22.9 Å². The van der Waals surface area contributed by atoms with E-state index in [0.29, 0.717) is 36.6 Å². The van der Waals surface area contributed by atoms with E-state index in [-0.39, 0.29) is 72.3 Å². The summed E-state index contributed by atoms with van der Waals surface area (Å²) < 4.78 is 91.0. The number of benzene rings is 1. The van der Waals surface area contributed by atoms with Crippen LogP contribution in [0.1, 0.15) is 124 Å². The van der Waals surface area contributed by atoms with Gasteiger partial charge < -0.3 is 86.4 Å². The molecule has 7 fully saturated rings. The van der Waals surface area contributed by atoms with Crippen LogP contribution in [0, 0.1) is 29.6 Å². The number of halogens is 1. The van der Waals surface area contributed by atoms with Crippen LogP contribution in [0.25, 0.3) is 0 Å². The first-order chi connectivity index (χ1) is 35.4. The second kappa shape index (κ2) is 22.9. The zero-order valence-corrected chi connectivity index (χ0v) is 47.8. The van der Waals surface area contributed by atoms with Crippen molar-refractivity contribution in [1.82, 2.24) is 0 Å². The highest BCUT2D eigenvalue weighted by Crippen LogP contribution is 2.57. The molecule has 19 nitrogen and oxygen atoms in total. The van der Waals surface area contributed by atoms with Crippen molar-refractivity contribution in [3.63, 3.8) is 0 Å². The maximum absolute atomic E-state index is 13.4. The summed E-state index contributed by atoms with van der Waals surface area (Å²) in [7, 11) is 7.92. The summed E-state index contributed by atoms with van der Waals surface area (Å²) in [6.07, 6.45) is -3.77. The van der Waals surface area contributed by atoms with Gasteiger partial charge in [-0.1, -0.05) is 50.5 Å². The number of methoxy groups -OCH3 is 5. The number of rotatable bonds is 16. The van der Waals surface area contributed by atoms with Crippen molar-refractivity contribution in [1.29, 1.82) is 0 Å². The number of hydrogen-bond donors (Lipinski definition) is 2. The second-order valence-electron chi connectivity index (χ2n) is 23.1. The summed E-state index contributed by atoms with van der Waals surface area (Å²) in [6, 6.07) is 6.13. The summed E-state index contributed by atoms with van der Waals surface area (Å²) in [5.74, 6) is -10.5. The fraction of sp³-hybridized carbons (Fsp3) is 0.855. The van der Waals surface area contributed by atoms with E-state index < -0.39 is 102 Å². The molecule has 1 aromatic carbocycles. The molecule has 0 amide bonds. The van der Waals surface area contributed by atoms with Crippen molar-refractivity contribution in [2.45, 2.75) is 234 Å². The molecule has 0 bridgehead atoms. The molecular formula is C55H84BrO19-. The van der Waals surface area contributed by atoms with E-state index in [0.717, 1.165) is 12.8 Å². The van der Waals surface area contributed by atoms with Crippen molar-refractivity contribution in [2.24, 2.45) is 29.6 Å². The van der Waals surface area contributed by atoms with Gasteiger partial charge in [-0.3, -0.25) is 0 Å². The molecule has 75 heavy (non-hydrogen) atoms. The van der Waals surface area contributed by atoms with Gasteiger partial charge in [-0.15, -0.1) is 0 Å². The van der Waals surface area contributed by atoms with Crippen LogP contribution in [-0.2, 0) is 71.1 Å². The zero-order valence-electron chi connectivity index (χ0n) is 46.2. The van der Waals surface area contributed by atoms with E-state index in [4.69, 9.17) is 66.3 Å². The Kier molecular flexibility index (Phi) is 18.1. The van der Waals surface area contributed by atoms with Gasteiger partial charge in [0.25, 0.3) is 0 Å². The van der Waals surface area contributed by atoms with Gasteiger partial charge in [0.15, 0.2) is 24.0 Å². The fourth-order valence-corrected chi connectivity index (χ4v) is 14.5. The topological polar surface area (TPSA) is 227 Å². The minimum absolute atomic E-state index is 0.00684. The summed E-state index contributed by atoms with van der Waals surface area (Å²) in [5.41, 5.74) is -2.26. The third kappa shape index (κ3) is 10.8. The molecule has 0 aliphatic carbocycles. The van der Waals surface area contributed by atoms with Gasteiger partial charge in [-0.25, -0.2) is 4.79 Å². The lowest BCUT2D eigenvalue weighted by molar-refractivity contribution is -0.400. The molecule has 7 aliphatic heterocycles. The average molecular weight is 1130 g/mol. The minimum Gasteiger partial charge on any atom is -0.546 e. The molecule has 2 N–H and O–H groups in total. The molecule has 426 valence electrons. The monoisotopic (exact) mass is 1130 g/mol. The molecule has 1 aromatic rings. The summed E-state index contributed by atoms with van der Waals surface area (Å²) in [5, 5.41) is 37.1. The van der Waals surface area contributed by atoms with Crippen molar-refractivity contribution in [2.75, 3.05) is 35.5 Å². The Morgan fingerprint density at radius 3 is 1.99 bits per heavy atom. The second-order valence-corrected chi connectivity index (χ2v) is 24.0. The smallest absolute Gasteiger partial charge is 0.338 e. The molecule has 7 aliphatic rings. The Balaban J connectivity index is 0.980. The van der Waals surface area contributed by atoms with Gasteiger partial charge >= 0.3 is 5.97 Å². The maximum atomic E-state index is 13.4. The van der Waals surface area contributed by atoms with Crippen molar-refractivity contribution in [3.8, 4) is 0 Å². The lowest BCUT2D eigenvalue weighted by Gasteiger charge is -2.57. The first-order valence-corrected chi connectivity index (χ1v) is 27.8. The molecule has 8 rings (SSSR count). The fourth-order valence-electron chi connectivity index (χ4n) is 14.2. The van der Waals surface area contributed by atoms with Gasteiger partial charge in [0.2, 0.25) is 5.79 Å². The number of carbonyl (C=O) groups is 2. The molecule has 0 aromatic heterocycles. The number of esters is 1. The predicted molar refractivity (Wildman–Crippen MR) is 269 cm³/mol. The molecule has 0 radical (unpaired) electrons. The number of aliphatic carboxylic acids is 1. The highest BCUT2D eigenvalue weighted by Gasteiger charge is 2.70. The van der Waals surface area contributed by atoms with Crippen LogP contribution >= 0.6 is 15.9 Å². The first-order valence-electron chi connectivity index (χ1n) is 27.0. The van der Waals surface area contributed by atoms with E-state index >= 15 is 0 Å². The quantitative estimate of drug-likeness (QED) is 0.202. The maximum Gasteiger partial charge on any atom is 0.338 e. The largest absolute Gasteiger partial charge is 0.546 e. The van der Waals surface area contributed by atoms with E-state index in [1.54, 1.807) is 54.2 Å². The van der Waals surface area contributed by atoms with Crippen LogP contribution < -0.4 is 5.11 Å². The van der Waals surface area contributed by atoms with E-state index in [1.807, 2.05) is 34.6 Å². The van der Waals surface area contributed by atoms with Crippen LogP contribution in [0.4, 0.5) is 0 Å². The molecule has 25 atom stereocenters. The standard InChI is InChI=1S/C55H85BrO19/c1-27-44(70-43-24-22-36(62-10)32(6)67-43)29(3)53(9,60)74-45(27)39-20-19-37(68-39)38-21-23-41(69-38)52(8)47(65-13)31(5)55(75-52)28(2)40(63-11)25-35(72-55)26-42-51(7,66-14)46(64-12)30(4)54(61,73-42)48(49(57)58)71-50(59)33-15-17-34(56)18-16-33/h15-18,27-32,35-48,60-61H,19-26H2,1-14H3,(H,57,58)/p-1. The number of carboxylic acids is 1. The molecule has 1 spiro atoms. The predicted octanol–water partition coefficient (Wildman–Crippen LogP) is 5.23. The lowest BCUT2D eigenvalue weighted by atomic mass is 9.73. The van der Waals surface area contributed by atoms with Crippen molar-refractivity contribution >= 4 is 27.9 Å². The molecule has 7 saturated heterocycles. The van der Waals surface area contributed by atoms with Crippen molar-refractivity contribution in [3.05, 3.63) is 34.3 Å². The van der Waals surface area contributed by atoms with E-state index in [1.165, 1.54) is 26.4 Å². The van der Waals surface area contributed by atoms with Crippen LogP contribution in [-0.4, -0.2) is 178 Å². The van der Waals surface area contributed by atoms with Crippen LogP contribution in [0.2, 0.25) is 0 Å². The Morgan fingerprint density at radius 2 is 1.37 bits per heavy atom. The number of hydrogen-bond acceptors (Lipinski definition) is 19. The summed E-state index contributed by atoms with van der Waals surface area (Å²) >= 11 is 3.33. The molecular weight excluding hydrogens is 1040 g/mol. The zero-order chi connectivity index (χ0) is 54.7. The van der Waals surface area contributed by atoms with Gasteiger partial charge in [-0.2, -0.15) is 0 Å². The first kappa shape index (κ1) is 59.2. The molecule has 20 heteroatoms. The van der Waals surface area contributed by atoms with Gasteiger partial charge in [0.05, 0.1) is 90.9 Å². The average Bonchev–Trinajstić information content (AvgIpc) is 4.12. The molecule has 0 saturated carbocycles. The Morgan fingerprint density at radius 1 is 0.733 bits per heavy atom. The number of carbonyl (C=O) groups excluding carboxylic acids is 2. The summed E-state index contributed by atoms with van der Waals surface area (Å²) in [6.45, 7) is 17.1. The number of aliphatic hydroxyl groups is 2. The Hall–Kier alpha value is -1.96. The lowest BCUT2D eigenvalue weighted by Crippen LogP contribution is -2.73. The normalized spacial score (nSPS) is 48.7. The molecule has 25 unspecified atom stereocenters. The van der Waals surface area contributed by atoms with E-state index in [9.17, 15) is 24.9 Å². The van der Waals surface area contributed by atoms with Crippen LogP contribution in [0.15, 0.2) is 28.7 Å². The highest BCUT2D eigenvalue weighted by molar-refractivity contribution is 9.10. The third-order valence-corrected chi connectivity index (χ3v) is 19.4.